The molecule has 144 valence electrons. The smallest absolute Gasteiger partial charge is 0.328 e. The second-order valence-electron chi connectivity index (χ2n) is 6.60. The van der Waals surface area contributed by atoms with Crippen molar-refractivity contribution in [2.24, 2.45) is 0 Å². The van der Waals surface area contributed by atoms with E-state index in [1.807, 2.05) is 0 Å². The molecule has 1 spiro atoms. The summed E-state index contributed by atoms with van der Waals surface area (Å²) in [6.07, 6.45) is 3.29. The number of benzene rings is 1. The highest BCUT2D eigenvalue weighted by molar-refractivity contribution is 5.98. The lowest BCUT2D eigenvalue weighted by Crippen LogP contribution is -2.54. The van der Waals surface area contributed by atoms with Gasteiger partial charge in [0.2, 0.25) is 0 Å². The first-order chi connectivity index (χ1) is 12.7. The maximum absolute atomic E-state index is 13.1. The molecule has 0 bridgehead atoms. The summed E-state index contributed by atoms with van der Waals surface area (Å²) < 4.78 is 5.72. The highest BCUT2D eigenvalue weighted by Gasteiger charge is 2.53. The zero-order chi connectivity index (χ0) is 19.8. The van der Waals surface area contributed by atoms with Gasteiger partial charge >= 0.3 is 5.97 Å². The van der Waals surface area contributed by atoms with Crippen molar-refractivity contribution >= 4 is 23.3 Å². The first-order valence-corrected chi connectivity index (χ1v) is 8.39. The van der Waals surface area contributed by atoms with E-state index in [1.54, 1.807) is 0 Å². The van der Waals surface area contributed by atoms with Gasteiger partial charge < -0.3 is 9.84 Å². The minimum Gasteiger partial charge on any atom is -0.480 e. The molecular weight excluding hydrogens is 362 g/mol. The van der Waals surface area contributed by atoms with E-state index in [9.17, 15) is 34.9 Å². The van der Waals surface area contributed by atoms with Crippen LogP contribution in [0.4, 0.5) is 11.4 Å². The van der Waals surface area contributed by atoms with E-state index in [0.717, 1.165) is 42.4 Å². The van der Waals surface area contributed by atoms with E-state index in [0.29, 0.717) is 12.8 Å². The van der Waals surface area contributed by atoms with Crippen LogP contribution in [-0.2, 0) is 9.53 Å². The average molecular weight is 379 g/mol. The summed E-state index contributed by atoms with van der Waals surface area (Å²) >= 11 is 0. The topological polar surface area (TPSA) is 153 Å². The number of aliphatic carboxylic acids is 1. The number of rotatable bonds is 4. The molecule has 1 aliphatic heterocycles. The third kappa shape index (κ3) is 3.33. The molecule has 1 atom stereocenters. The molecule has 1 aliphatic carbocycles. The Bertz CT molecular complexity index is 786. The van der Waals surface area contributed by atoms with Crippen LogP contribution >= 0.6 is 0 Å². The first-order valence-electron chi connectivity index (χ1n) is 8.39. The van der Waals surface area contributed by atoms with Gasteiger partial charge in [0.25, 0.3) is 17.3 Å². The fraction of sp³-hybridized carbons (Fsp3) is 0.500. The Hall–Kier alpha value is -3.08. The van der Waals surface area contributed by atoms with Crippen LogP contribution in [0.2, 0.25) is 0 Å². The molecular formula is C16H17N3O8. The van der Waals surface area contributed by atoms with Gasteiger partial charge in [-0.2, -0.15) is 0 Å². The Kier molecular flexibility index (Phi) is 4.79. The van der Waals surface area contributed by atoms with Gasteiger partial charge in [-0.05, 0) is 25.7 Å². The predicted molar refractivity (Wildman–Crippen MR) is 89.1 cm³/mol. The summed E-state index contributed by atoms with van der Waals surface area (Å²) in [5, 5.41) is 31.6. The fourth-order valence-corrected chi connectivity index (χ4v) is 3.73. The van der Waals surface area contributed by atoms with Crippen molar-refractivity contribution in [3.8, 4) is 0 Å². The molecule has 1 saturated carbocycles. The molecule has 1 aromatic carbocycles. The molecule has 27 heavy (non-hydrogen) atoms. The highest BCUT2D eigenvalue weighted by Crippen LogP contribution is 2.41. The summed E-state index contributed by atoms with van der Waals surface area (Å²) in [7, 11) is 0. The molecule has 0 unspecified atom stereocenters. The van der Waals surface area contributed by atoms with Crippen molar-refractivity contribution in [2.75, 3.05) is 6.61 Å². The van der Waals surface area contributed by atoms with Crippen molar-refractivity contribution in [1.29, 1.82) is 0 Å². The molecule has 1 amide bonds. The largest absolute Gasteiger partial charge is 0.480 e. The molecule has 1 aromatic rings. The Labute approximate surface area is 152 Å². The third-order valence-corrected chi connectivity index (χ3v) is 4.97. The summed E-state index contributed by atoms with van der Waals surface area (Å²) in [6.45, 7) is -0.196. The number of carbonyl (C=O) groups is 2. The van der Waals surface area contributed by atoms with Crippen LogP contribution < -0.4 is 0 Å². The molecule has 11 nitrogen and oxygen atoms in total. The minimum atomic E-state index is -1.26. The van der Waals surface area contributed by atoms with Gasteiger partial charge in [0.05, 0.1) is 28.1 Å². The molecule has 11 heteroatoms. The monoisotopic (exact) mass is 379 g/mol. The lowest BCUT2D eigenvalue weighted by atomic mass is 9.89. The Morgan fingerprint density at radius 1 is 1.07 bits per heavy atom. The van der Waals surface area contributed by atoms with Crippen molar-refractivity contribution < 1.29 is 29.3 Å². The van der Waals surface area contributed by atoms with Crippen LogP contribution in [0.3, 0.4) is 0 Å². The second-order valence-corrected chi connectivity index (χ2v) is 6.60. The zero-order valence-electron chi connectivity index (χ0n) is 14.2. The predicted octanol–water partition coefficient (Wildman–Crippen LogP) is 2.09. The summed E-state index contributed by atoms with van der Waals surface area (Å²) in [5.41, 5.74) is -2.63. The van der Waals surface area contributed by atoms with E-state index < -0.39 is 44.9 Å². The van der Waals surface area contributed by atoms with Gasteiger partial charge in [0.1, 0.15) is 5.72 Å². The van der Waals surface area contributed by atoms with Gasteiger partial charge in [-0.15, -0.1) is 0 Å². The quantitative estimate of drug-likeness (QED) is 0.616. The summed E-state index contributed by atoms with van der Waals surface area (Å²) in [6, 6.07) is 1.34. The van der Waals surface area contributed by atoms with Crippen molar-refractivity contribution in [1.82, 2.24) is 4.90 Å². The number of carbonyl (C=O) groups excluding carboxylic acids is 1. The van der Waals surface area contributed by atoms with Crippen LogP contribution in [-0.4, -0.2) is 50.1 Å². The lowest BCUT2D eigenvalue weighted by molar-refractivity contribution is -0.394. The normalized spacial score (nSPS) is 21.2. The molecule has 1 heterocycles. The van der Waals surface area contributed by atoms with E-state index >= 15 is 0 Å². The maximum atomic E-state index is 13.1. The number of nitrogens with zero attached hydrogens (tertiary/aromatic N) is 3. The van der Waals surface area contributed by atoms with Gasteiger partial charge in [-0.3, -0.25) is 29.9 Å². The molecule has 2 aliphatic rings. The van der Waals surface area contributed by atoms with E-state index in [1.165, 1.54) is 0 Å². The van der Waals surface area contributed by atoms with Crippen molar-refractivity contribution in [2.45, 2.75) is 43.9 Å². The number of non-ortho nitro benzene ring substituents is 2. The fourth-order valence-electron chi connectivity index (χ4n) is 3.73. The van der Waals surface area contributed by atoms with Crippen LogP contribution in [0.5, 0.6) is 0 Å². The third-order valence-electron chi connectivity index (χ3n) is 4.97. The van der Waals surface area contributed by atoms with Crippen LogP contribution in [0.1, 0.15) is 42.5 Å². The molecule has 1 N–H and O–H groups in total. The Morgan fingerprint density at radius 2 is 1.63 bits per heavy atom. The summed E-state index contributed by atoms with van der Waals surface area (Å²) in [4.78, 5) is 46.3. The standard InChI is InChI=1S/C16H17N3O8/c20-14(10-6-11(18(23)24)8-12(7-10)19(25)26)17-13(15(21)22)9-27-16(17)4-2-1-3-5-16/h6-8,13H,1-5,9H2,(H,21,22)/t13-/m1/s1. The van der Waals surface area contributed by atoms with Crippen LogP contribution in [0.25, 0.3) is 0 Å². The van der Waals surface area contributed by atoms with E-state index in [2.05, 4.69) is 0 Å². The molecule has 2 fully saturated rings. The number of hydrogen-bond acceptors (Lipinski definition) is 7. The molecule has 1 saturated heterocycles. The van der Waals surface area contributed by atoms with Crippen LogP contribution in [0.15, 0.2) is 18.2 Å². The van der Waals surface area contributed by atoms with E-state index in [4.69, 9.17) is 4.74 Å². The number of hydrogen-bond donors (Lipinski definition) is 1. The number of carboxylic acid groups (broad SMARTS) is 1. The Balaban J connectivity index is 2.07. The van der Waals surface area contributed by atoms with E-state index in [-0.39, 0.29) is 12.2 Å². The SMILES string of the molecule is O=C(O)[C@H]1COC2(CCCCC2)N1C(=O)c1cc([N+](=O)[O-])cc([N+](=O)[O-])c1. The number of carboxylic acids is 1. The number of amides is 1. The van der Waals surface area contributed by atoms with Gasteiger partial charge in [0, 0.05) is 12.1 Å². The lowest BCUT2D eigenvalue weighted by Gasteiger charge is -2.41. The van der Waals surface area contributed by atoms with Gasteiger partial charge in [-0.1, -0.05) is 6.42 Å². The number of ether oxygens (including phenoxy) is 1. The zero-order valence-corrected chi connectivity index (χ0v) is 14.2. The van der Waals surface area contributed by atoms with Crippen molar-refractivity contribution in [3.05, 3.63) is 44.0 Å². The van der Waals surface area contributed by atoms with Gasteiger partial charge in [0.15, 0.2) is 6.04 Å². The van der Waals surface area contributed by atoms with Gasteiger partial charge in [-0.25, -0.2) is 4.79 Å². The van der Waals surface area contributed by atoms with Crippen molar-refractivity contribution in [3.63, 3.8) is 0 Å². The molecule has 3 rings (SSSR count). The number of nitro groups is 2. The maximum Gasteiger partial charge on any atom is 0.328 e. The van der Waals surface area contributed by atoms with Crippen LogP contribution in [0, 0.1) is 20.2 Å². The highest BCUT2D eigenvalue weighted by atomic mass is 16.6. The first kappa shape index (κ1) is 18.7. The minimum absolute atomic E-state index is 0.196. The summed E-state index contributed by atoms with van der Waals surface area (Å²) in [5.74, 6) is -2.08. The number of nitro benzene ring substituents is 2. The average Bonchev–Trinajstić information content (AvgIpc) is 2.99. The Morgan fingerprint density at radius 3 is 2.11 bits per heavy atom. The molecule has 0 aromatic heterocycles. The second kappa shape index (κ2) is 6.91. The molecule has 0 radical (unpaired) electrons.